The van der Waals surface area contributed by atoms with Gasteiger partial charge in [0.2, 0.25) is 0 Å². The molecule has 0 aromatic carbocycles. The summed E-state index contributed by atoms with van der Waals surface area (Å²) in [6.45, 7) is 6.62. The van der Waals surface area contributed by atoms with Crippen molar-refractivity contribution < 1.29 is 28.6 Å². The van der Waals surface area contributed by atoms with E-state index in [1.165, 1.54) is 180 Å². The predicted octanol–water partition coefficient (Wildman–Crippen LogP) is 17.5. The lowest BCUT2D eigenvalue weighted by atomic mass is 10.0. The van der Waals surface area contributed by atoms with E-state index in [1.807, 2.05) is 0 Å². The molecule has 0 heterocycles. The summed E-state index contributed by atoms with van der Waals surface area (Å²) < 4.78 is 16.8. The molecule has 6 nitrogen and oxygen atoms in total. The fraction of sp³-hybridized carbons (Fsp3) is 0.873. The molecule has 0 radical (unpaired) electrons. The van der Waals surface area contributed by atoms with Crippen LogP contribution in [0.5, 0.6) is 0 Å². The van der Waals surface area contributed by atoms with Crippen LogP contribution in [0.15, 0.2) is 24.3 Å². The average molecular weight is 859 g/mol. The molecule has 0 fully saturated rings. The number of ether oxygens (including phenoxy) is 3. The molecule has 0 aliphatic carbocycles. The first kappa shape index (κ1) is 58.9. The van der Waals surface area contributed by atoms with Gasteiger partial charge in [-0.1, -0.05) is 225 Å². The highest BCUT2D eigenvalue weighted by atomic mass is 16.6. The molecule has 0 N–H and O–H groups in total. The molecule has 358 valence electrons. The lowest BCUT2D eigenvalue weighted by molar-refractivity contribution is -0.167. The zero-order chi connectivity index (χ0) is 44.4. The van der Waals surface area contributed by atoms with Gasteiger partial charge in [-0.3, -0.25) is 14.4 Å². The molecule has 61 heavy (non-hydrogen) atoms. The number of carbonyl (C=O) groups excluding carboxylic acids is 3. The molecule has 0 unspecified atom stereocenters. The molecule has 0 aromatic heterocycles. The van der Waals surface area contributed by atoms with Crippen LogP contribution in [-0.2, 0) is 28.6 Å². The monoisotopic (exact) mass is 859 g/mol. The molecular weight excluding hydrogens is 757 g/mol. The highest BCUT2D eigenvalue weighted by Gasteiger charge is 2.19. The third-order valence-corrected chi connectivity index (χ3v) is 11.9. The molecule has 0 amide bonds. The largest absolute Gasteiger partial charge is 0.462 e. The van der Waals surface area contributed by atoms with Crippen molar-refractivity contribution in [2.45, 2.75) is 297 Å². The van der Waals surface area contributed by atoms with Gasteiger partial charge >= 0.3 is 17.9 Å². The smallest absolute Gasteiger partial charge is 0.306 e. The standard InChI is InChI=1S/C55H102O6/c1-4-7-10-13-16-19-22-25-27-28-29-31-33-36-39-42-45-48-54(57)60-51-52(50-59-53(56)47-44-41-38-35-32-24-21-18-15-12-9-6-3)61-55(58)49-46-43-40-37-34-30-26-23-20-17-14-11-8-5-2/h18,21,23,26,52H,4-17,19-20,22,24-25,27-51H2,1-3H3/b21-18-,26-23-/t52-/m1/s1. The van der Waals surface area contributed by atoms with E-state index in [1.54, 1.807) is 0 Å². The molecule has 1 atom stereocenters. The SMILES string of the molecule is CCCCC/C=C\CCCCCCCC(=O)OC[C@H](COC(=O)CCCCCCCCCCCCCCCCCCC)OC(=O)CCCCCCC/C=C\CCCCCCC. The van der Waals surface area contributed by atoms with Gasteiger partial charge < -0.3 is 14.2 Å². The molecule has 0 aromatic rings. The number of esters is 3. The number of unbranched alkanes of at least 4 members (excludes halogenated alkanes) is 34. The Bertz CT molecular complexity index is 989. The molecule has 0 saturated heterocycles. The zero-order valence-corrected chi connectivity index (χ0v) is 40.9. The van der Waals surface area contributed by atoms with Crippen LogP contribution in [0.1, 0.15) is 290 Å². The topological polar surface area (TPSA) is 78.9 Å². The van der Waals surface area contributed by atoms with Crippen LogP contribution in [0.3, 0.4) is 0 Å². The number of carbonyl (C=O) groups is 3. The Morgan fingerprint density at radius 2 is 0.541 bits per heavy atom. The van der Waals surface area contributed by atoms with Gasteiger partial charge in [-0.25, -0.2) is 0 Å². The Morgan fingerprint density at radius 3 is 0.852 bits per heavy atom. The fourth-order valence-corrected chi connectivity index (χ4v) is 7.84. The summed E-state index contributed by atoms with van der Waals surface area (Å²) in [4.78, 5) is 38.0. The van der Waals surface area contributed by atoms with Gasteiger partial charge in [0, 0.05) is 19.3 Å². The summed E-state index contributed by atoms with van der Waals surface area (Å²) in [5, 5.41) is 0. The van der Waals surface area contributed by atoms with Crippen molar-refractivity contribution in [2.24, 2.45) is 0 Å². The van der Waals surface area contributed by atoms with Crippen LogP contribution >= 0.6 is 0 Å². The maximum Gasteiger partial charge on any atom is 0.306 e. The fourth-order valence-electron chi connectivity index (χ4n) is 7.84. The second-order valence-corrected chi connectivity index (χ2v) is 18.1. The summed E-state index contributed by atoms with van der Waals surface area (Å²) in [5.74, 6) is -0.877. The first-order valence-corrected chi connectivity index (χ1v) is 26.8. The van der Waals surface area contributed by atoms with Crippen molar-refractivity contribution in [3.05, 3.63) is 24.3 Å². The van der Waals surface area contributed by atoms with Crippen LogP contribution in [0.2, 0.25) is 0 Å². The van der Waals surface area contributed by atoms with E-state index in [4.69, 9.17) is 14.2 Å². The number of allylic oxidation sites excluding steroid dienone is 4. The number of rotatable bonds is 49. The quantitative estimate of drug-likeness (QED) is 0.0262. The maximum absolute atomic E-state index is 12.8. The average Bonchev–Trinajstić information content (AvgIpc) is 3.26. The van der Waals surface area contributed by atoms with Gasteiger partial charge in [-0.15, -0.1) is 0 Å². The Morgan fingerprint density at radius 1 is 0.311 bits per heavy atom. The van der Waals surface area contributed by atoms with Crippen LogP contribution in [0.4, 0.5) is 0 Å². The summed E-state index contributed by atoms with van der Waals surface area (Å²) in [7, 11) is 0. The molecule has 0 rings (SSSR count). The lowest BCUT2D eigenvalue weighted by Gasteiger charge is -2.18. The third kappa shape index (κ3) is 48.8. The van der Waals surface area contributed by atoms with Gasteiger partial charge in [0.1, 0.15) is 13.2 Å². The highest BCUT2D eigenvalue weighted by molar-refractivity contribution is 5.71. The second kappa shape index (κ2) is 50.5. The third-order valence-electron chi connectivity index (χ3n) is 11.9. The molecular formula is C55H102O6. The molecule has 0 aliphatic heterocycles. The van der Waals surface area contributed by atoms with Gasteiger partial charge in [0.15, 0.2) is 6.10 Å². The van der Waals surface area contributed by atoms with Crippen molar-refractivity contribution >= 4 is 17.9 Å². The van der Waals surface area contributed by atoms with E-state index in [9.17, 15) is 14.4 Å². The Labute approximate surface area is 379 Å². The molecule has 0 saturated carbocycles. The van der Waals surface area contributed by atoms with E-state index in [0.29, 0.717) is 19.3 Å². The first-order chi connectivity index (χ1) is 30.0. The minimum Gasteiger partial charge on any atom is -0.462 e. The minimum absolute atomic E-state index is 0.0733. The summed E-state index contributed by atoms with van der Waals surface area (Å²) in [6.07, 6.45) is 57.3. The van der Waals surface area contributed by atoms with Crippen LogP contribution in [0.25, 0.3) is 0 Å². The van der Waals surface area contributed by atoms with Gasteiger partial charge in [-0.2, -0.15) is 0 Å². The van der Waals surface area contributed by atoms with E-state index in [2.05, 4.69) is 45.1 Å². The Kier molecular flexibility index (Phi) is 48.8. The summed E-state index contributed by atoms with van der Waals surface area (Å²) in [6, 6.07) is 0. The van der Waals surface area contributed by atoms with Gasteiger partial charge in [0.05, 0.1) is 0 Å². The molecule has 0 spiro atoms. The van der Waals surface area contributed by atoms with Crippen molar-refractivity contribution in [3.63, 3.8) is 0 Å². The second-order valence-electron chi connectivity index (χ2n) is 18.1. The number of hydrogen-bond donors (Lipinski definition) is 0. The van der Waals surface area contributed by atoms with E-state index in [-0.39, 0.29) is 31.1 Å². The highest BCUT2D eigenvalue weighted by Crippen LogP contribution is 2.16. The van der Waals surface area contributed by atoms with Crippen LogP contribution in [-0.4, -0.2) is 37.2 Å². The number of hydrogen-bond acceptors (Lipinski definition) is 6. The lowest BCUT2D eigenvalue weighted by Crippen LogP contribution is -2.30. The molecule has 6 heteroatoms. The van der Waals surface area contributed by atoms with Crippen molar-refractivity contribution in [1.29, 1.82) is 0 Å². The van der Waals surface area contributed by atoms with E-state index in [0.717, 1.165) is 70.6 Å². The summed E-state index contributed by atoms with van der Waals surface area (Å²) >= 11 is 0. The molecule has 0 aliphatic rings. The summed E-state index contributed by atoms with van der Waals surface area (Å²) in [5.41, 5.74) is 0. The Balaban J connectivity index is 4.33. The minimum atomic E-state index is -0.774. The maximum atomic E-state index is 12.8. The van der Waals surface area contributed by atoms with Crippen molar-refractivity contribution in [1.82, 2.24) is 0 Å². The predicted molar refractivity (Wildman–Crippen MR) is 261 cm³/mol. The van der Waals surface area contributed by atoms with E-state index < -0.39 is 6.10 Å². The van der Waals surface area contributed by atoms with Crippen molar-refractivity contribution in [3.8, 4) is 0 Å². The van der Waals surface area contributed by atoms with Gasteiger partial charge in [0.25, 0.3) is 0 Å². The van der Waals surface area contributed by atoms with Gasteiger partial charge in [-0.05, 0) is 70.6 Å². The molecule has 0 bridgehead atoms. The van der Waals surface area contributed by atoms with E-state index >= 15 is 0 Å². The Hall–Kier alpha value is -2.11. The van der Waals surface area contributed by atoms with Crippen molar-refractivity contribution in [2.75, 3.05) is 13.2 Å². The zero-order valence-electron chi connectivity index (χ0n) is 40.9. The normalized spacial score (nSPS) is 12.1. The van der Waals surface area contributed by atoms with Crippen LogP contribution < -0.4 is 0 Å². The van der Waals surface area contributed by atoms with Crippen LogP contribution in [0, 0.1) is 0 Å². The first-order valence-electron chi connectivity index (χ1n) is 26.8.